The molecule has 0 unspecified atom stereocenters. The lowest BCUT2D eigenvalue weighted by Gasteiger charge is -2.16. The highest BCUT2D eigenvalue weighted by atomic mass is 35.5. The summed E-state index contributed by atoms with van der Waals surface area (Å²) in [6.07, 6.45) is -4.52. The van der Waals surface area contributed by atoms with Gasteiger partial charge in [-0.2, -0.15) is 17.5 Å². The molecule has 1 heterocycles. The number of halogens is 4. The molecule has 2 rings (SSSR count). The van der Waals surface area contributed by atoms with Gasteiger partial charge in [0.05, 0.1) is 9.23 Å². The predicted molar refractivity (Wildman–Crippen MR) is 92.8 cm³/mol. The van der Waals surface area contributed by atoms with E-state index in [2.05, 4.69) is 0 Å². The van der Waals surface area contributed by atoms with E-state index in [-0.39, 0.29) is 17.0 Å². The Kier molecular flexibility index (Phi) is 6.33. The number of sulfonamides is 1. The minimum Gasteiger partial charge on any atom is -0.343 e. The first-order valence-corrected chi connectivity index (χ1v) is 9.78. The zero-order valence-electron chi connectivity index (χ0n) is 13.4. The maximum Gasteiger partial charge on any atom is 0.405 e. The number of benzene rings is 1. The molecular weight excluding hydrogens is 413 g/mol. The fraction of sp³-hybridized carbons (Fsp3) is 0.267. The molecule has 0 saturated carbocycles. The van der Waals surface area contributed by atoms with Crippen LogP contribution in [0.15, 0.2) is 41.3 Å². The zero-order chi connectivity index (χ0) is 19.5. The third-order valence-electron chi connectivity index (χ3n) is 3.28. The van der Waals surface area contributed by atoms with Crippen LogP contribution in [-0.4, -0.2) is 38.4 Å². The molecule has 0 spiro atoms. The molecule has 0 aliphatic heterocycles. The van der Waals surface area contributed by atoms with E-state index in [9.17, 15) is 26.4 Å². The number of hydrogen-bond donors (Lipinski definition) is 1. The summed E-state index contributed by atoms with van der Waals surface area (Å²) in [6, 6.07) is 8.05. The third-order valence-corrected chi connectivity index (χ3v) is 6.31. The van der Waals surface area contributed by atoms with Gasteiger partial charge in [0, 0.05) is 24.0 Å². The quantitative estimate of drug-likeness (QED) is 0.768. The van der Waals surface area contributed by atoms with Crippen molar-refractivity contribution >= 4 is 38.9 Å². The van der Waals surface area contributed by atoms with Crippen molar-refractivity contribution in [1.82, 2.24) is 9.62 Å². The monoisotopic (exact) mass is 426 g/mol. The van der Waals surface area contributed by atoms with E-state index in [1.165, 1.54) is 30.5 Å². The highest BCUT2D eigenvalue weighted by Gasteiger charge is 2.28. The van der Waals surface area contributed by atoms with E-state index in [1.54, 1.807) is 17.4 Å². The third kappa shape index (κ3) is 5.44. The van der Waals surface area contributed by atoms with E-state index < -0.39 is 28.7 Å². The molecule has 1 aromatic carbocycles. The van der Waals surface area contributed by atoms with Crippen molar-refractivity contribution in [2.24, 2.45) is 0 Å². The van der Waals surface area contributed by atoms with Gasteiger partial charge in [-0.25, -0.2) is 8.42 Å². The highest BCUT2D eigenvalue weighted by Crippen LogP contribution is 2.24. The van der Waals surface area contributed by atoms with Gasteiger partial charge in [-0.05, 0) is 36.4 Å². The lowest BCUT2D eigenvalue weighted by molar-refractivity contribution is -0.123. The number of carbonyl (C=O) groups is 1. The fourth-order valence-corrected chi connectivity index (χ4v) is 4.35. The Bertz CT molecular complexity index is 880. The summed E-state index contributed by atoms with van der Waals surface area (Å²) in [5, 5.41) is 1.72. The molecule has 0 aliphatic carbocycles. The Morgan fingerprint density at radius 2 is 1.81 bits per heavy atom. The maximum atomic E-state index is 12.5. The average molecular weight is 427 g/mol. The summed E-state index contributed by atoms with van der Waals surface area (Å²) in [6.45, 7) is -1.34. The number of carbonyl (C=O) groups excluding carboxylic acids is 1. The SMILES string of the molecule is CN(Cc1ccc(Cl)s1)S(=O)(=O)c1ccc(C(=O)NCC(F)(F)F)cc1. The van der Waals surface area contributed by atoms with Crippen molar-refractivity contribution in [3.63, 3.8) is 0 Å². The zero-order valence-corrected chi connectivity index (χ0v) is 15.8. The Morgan fingerprint density at radius 3 is 2.31 bits per heavy atom. The summed E-state index contributed by atoms with van der Waals surface area (Å²) in [7, 11) is -2.42. The Balaban J connectivity index is 2.09. The number of nitrogens with zero attached hydrogens (tertiary/aromatic N) is 1. The molecule has 1 amide bonds. The van der Waals surface area contributed by atoms with Crippen molar-refractivity contribution in [3.05, 3.63) is 51.2 Å². The summed E-state index contributed by atoms with van der Waals surface area (Å²) in [4.78, 5) is 12.3. The first kappa shape index (κ1) is 20.7. The normalized spacial score (nSPS) is 12.4. The molecule has 0 fully saturated rings. The van der Waals surface area contributed by atoms with Gasteiger partial charge < -0.3 is 5.32 Å². The maximum absolute atomic E-state index is 12.5. The van der Waals surface area contributed by atoms with Gasteiger partial charge in [-0.1, -0.05) is 11.6 Å². The predicted octanol–water partition coefficient (Wildman–Crippen LogP) is 3.51. The van der Waals surface area contributed by atoms with Gasteiger partial charge in [-0.15, -0.1) is 11.3 Å². The molecule has 1 N–H and O–H groups in total. The molecule has 0 atom stereocenters. The second-order valence-corrected chi connectivity index (χ2v) is 9.13. The van der Waals surface area contributed by atoms with E-state index in [0.29, 0.717) is 4.34 Å². The molecule has 0 saturated heterocycles. The summed E-state index contributed by atoms with van der Waals surface area (Å²) in [5.41, 5.74) is -0.0686. The first-order valence-electron chi connectivity index (χ1n) is 7.14. The first-order chi connectivity index (χ1) is 12.0. The number of thiophene rings is 1. The van der Waals surface area contributed by atoms with Crippen molar-refractivity contribution in [2.75, 3.05) is 13.6 Å². The van der Waals surface area contributed by atoms with Gasteiger partial charge in [0.1, 0.15) is 6.54 Å². The minimum absolute atomic E-state index is 0.0686. The Hall–Kier alpha value is -1.62. The summed E-state index contributed by atoms with van der Waals surface area (Å²) < 4.78 is 63.1. The molecule has 0 bridgehead atoms. The van der Waals surface area contributed by atoms with Crippen LogP contribution in [0.5, 0.6) is 0 Å². The van der Waals surface area contributed by atoms with Crippen LogP contribution in [0, 0.1) is 0 Å². The van der Waals surface area contributed by atoms with Gasteiger partial charge in [-0.3, -0.25) is 4.79 Å². The molecule has 26 heavy (non-hydrogen) atoms. The number of amides is 1. The van der Waals surface area contributed by atoms with Crippen LogP contribution < -0.4 is 5.32 Å². The fourth-order valence-electron chi connectivity index (χ4n) is 1.98. The lowest BCUT2D eigenvalue weighted by atomic mass is 10.2. The Labute approximate surface area is 157 Å². The molecule has 11 heteroatoms. The van der Waals surface area contributed by atoms with Crippen LogP contribution in [0.3, 0.4) is 0 Å². The number of nitrogens with one attached hydrogen (secondary N) is 1. The van der Waals surface area contributed by atoms with Crippen molar-refractivity contribution < 1.29 is 26.4 Å². The Morgan fingerprint density at radius 1 is 1.19 bits per heavy atom. The second kappa shape index (κ2) is 7.95. The number of hydrogen-bond acceptors (Lipinski definition) is 4. The van der Waals surface area contributed by atoms with Gasteiger partial charge in [0.2, 0.25) is 10.0 Å². The van der Waals surface area contributed by atoms with Crippen LogP contribution in [0.1, 0.15) is 15.2 Å². The van der Waals surface area contributed by atoms with E-state index >= 15 is 0 Å². The van der Waals surface area contributed by atoms with Crippen LogP contribution in [0.4, 0.5) is 13.2 Å². The van der Waals surface area contributed by atoms with Gasteiger partial charge >= 0.3 is 6.18 Å². The van der Waals surface area contributed by atoms with E-state index in [0.717, 1.165) is 21.3 Å². The van der Waals surface area contributed by atoms with Gasteiger partial charge in [0.25, 0.3) is 5.91 Å². The smallest absolute Gasteiger partial charge is 0.343 e. The second-order valence-electron chi connectivity index (χ2n) is 5.29. The number of rotatable bonds is 6. The van der Waals surface area contributed by atoms with Crippen LogP contribution in [0.25, 0.3) is 0 Å². The number of alkyl halides is 3. The molecule has 0 radical (unpaired) electrons. The van der Waals surface area contributed by atoms with Crippen molar-refractivity contribution in [2.45, 2.75) is 17.6 Å². The van der Waals surface area contributed by atoms with E-state index in [1.807, 2.05) is 0 Å². The molecular formula is C15H14ClF3N2O3S2. The molecule has 1 aromatic heterocycles. The molecule has 142 valence electrons. The standard InChI is InChI=1S/C15H14ClF3N2O3S2/c1-21(8-11-4-7-13(16)25-11)26(23,24)12-5-2-10(3-6-12)14(22)20-9-15(17,18)19/h2-7H,8-9H2,1H3,(H,20,22). The summed E-state index contributed by atoms with van der Waals surface area (Å²) in [5.74, 6) is -0.937. The highest BCUT2D eigenvalue weighted by molar-refractivity contribution is 7.89. The van der Waals surface area contributed by atoms with Crippen LogP contribution >= 0.6 is 22.9 Å². The average Bonchev–Trinajstić information content (AvgIpc) is 2.97. The molecule has 0 aliphatic rings. The van der Waals surface area contributed by atoms with Crippen LogP contribution in [-0.2, 0) is 16.6 Å². The van der Waals surface area contributed by atoms with Crippen LogP contribution in [0.2, 0.25) is 4.34 Å². The molecule has 5 nitrogen and oxygen atoms in total. The summed E-state index contributed by atoms with van der Waals surface area (Å²) >= 11 is 7.07. The molecule has 2 aromatic rings. The lowest BCUT2D eigenvalue weighted by Crippen LogP contribution is -2.33. The minimum atomic E-state index is -4.52. The topological polar surface area (TPSA) is 66.5 Å². The van der Waals surface area contributed by atoms with Crippen molar-refractivity contribution in [1.29, 1.82) is 0 Å². The van der Waals surface area contributed by atoms with Gasteiger partial charge in [0.15, 0.2) is 0 Å². The van der Waals surface area contributed by atoms with Crippen molar-refractivity contribution in [3.8, 4) is 0 Å². The largest absolute Gasteiger partial charge is 0.405 e. The van der Waals surface area contributed by atoms with E-state index in [4.69, 9.17) is 11.6 Å².